The first-order valence-electron chi connectivity index (χ1n) is 12.5. The van der Waals surface area contributed by atoms with Crippen LogP contribution in [-0.4, -0.2) is 79.0 Å². The van der Waals surface area contributed by atoms with Gasteiger partial charge in [0.05, 0.1) is 18.2 Å². The van der Waals surface area contributed by atoms with Gasteiger partial charge in [0.15, 0.2) is 0 Å². The van der Waals surface area contributed by atoms with Crippen molar-refractivity contribution >= 4 is 17.9 Å². The normalized spacial score (nSPS) is 18.6. The second kappa shape index (κ2) is 11.1. The molecule has 0 saturated carbocycles. The van der Waals surface area contributed by atoms with Crippen LogP contribution in [0.25, 0.3) is 0 Å². The SMILES string of the molecule is CCOC(=O)C1=C(CN2CCN(C(=O)c3ccc(F)cc3)CC2)N(C)C(=O)N[C@@H]1c1cc(C)ccc1C. The summed E-state index contributed by atoms with van der Waals surface area (Å²) in [6.45, 7) is 8.36. The summed E-state index contributed by atoms with van der Waals surface area (Å²) in [6, 6.07) is 10.6. The Morgan fingerprint density at radius 2 is 1.73 bits per heavy atom. The van der Waals surface area contributed by atoms with Gasteiger partial charge in [-0.3, -0.25) is 14.6 Å². The number of piperazine rings is 1. The van der Waals surface area contributed by atoms with Crippen molar-refractivity contribution in [3.8, 4) is 0 Å². The molecule has 2 heterocycles. The highest BCUT2D eigenvalue weighted by molar-refractivity contribution is 5.95. The molecular weight excluding hydrogens is 475 g/mol. The Morgan fingerprint density at radius 3 is 2.38 bits per heavy atom. The molecule has 2 aromatic rings. The number of ether oxygens (including phenoxy) is 1. The van der Waals surface area contributed by atoms with Crippen LogP contribution >= 0.6 is 0 Å². The molecule has 2 aliphatic heterocycles. The van der Waals surface area contributed by atoms with Gasteiger partial charge in [-0.1, -0.05) is 23.8 Å². The van der Waals surface area contributed by atoms with Crippen LogP contribution in [0.15, 0.2) is 53.7 Å². The Hall–Kier alpha value is -3.72. The Balaban J connectivity index is 1.59. The van der Waals surface area contributed by atoms with Gasteiger partial charge in [0.1, 0.15) is 5.82 Å². The van der Waals surface area contributed by atoms with Crippen molar-refractivity contribution in [1.29, 1.82) is 0 Å². The number of hydrogen-bond donors (Lipinski definition) is 1. The molecule has 0 aliphatic carbocycles. The molecule has 2 aromatic carbocycles. The first kappa shape index (κ1) is 26.3. The molecule has 0 unspecified atom stereocenters. The minimum Gasteiger partial charge on any atom is -0.463 e. The van der Waals surface area contributed by atoms with Crippen LogP contribution in [-0.2, 0) is 9.53 Å². The van der Waals surface area contributed by atoms with E-state index in [0.29, 0.717) is 49.6 Å². The van der Waals surface area contributed by atoms with Crippen molar-refractivity contribution in [2.24, 2.45) is 0 Å². The number of carbonyl (C=O) groups is 3. The van der Waals surface area contributed by atoms with Gasteiger partial charge < -0.3 is 15.0 Å². The van der Waals surface area contributed by atoms with Crippen molar-refractivity contribution in [1.82, 2.24) is 20.0 Å². The first-order valence-corrected chi connectivity index (χ1v) is 12.5. The standard InChI is InChI=1S/C28H33FN4O4/c1-5-37-27(35)24-23(31(4)28(36)30-25(24)22-16-18(2)6-7-19(22)3)17-32-12-14-33(15-13-32)26(34)20-8-10-21(29)11-9-20/h6-11,16,25H,5,12-15,17H2,1-4H3,(H,30,36)/t25-/m1/s1. The highest BCUT2D eigenvalue weighted by Crippen LogP contribution is 2.33. The van der Waals surface area contributed by atoms with Crippen LogP contribution in [0.3, 0.4) is 0 Å². The van der Waals surface area contributed by atoms with Gasteiger partial charge in [0.25, 0.3) is 5.91 Å². The third kappa shape index (κ3) is 5.67. The van der Waals surface area contributed by atoms with E-state index in [1.54, 1.807) is 18.9 Å². The fraction of sp³-hybridized carbons (Fsp3) is 0.393. The van der Waals surface area contributed by atoms with Crippen LogP contribution in [0.4, 0.5) is 9.18 Å². The van der Waals surface area contributed by atoms with Crippen LogP contribution in [0, 0.1) is 19.7 Å². The molecule has 3 amide bonds. The Kier molecular flexibility index (Phi) is 7.92. The lowest BCUT2D eigenvalue weighted by Crippen LogP contribution is -2.53. The van der Waals surface area contributed by atoms with Gasteiger partial charge in [-0.05, 0) is 56.2 Å². The smallest absolute Gasteiger partial charge is 0.338 e. The molecule has 1 N–H and O–H groups in total. The van der Waals surface area contributed by atoms with Crippen LogP contribution in [0.1, 0.15) is 40.0 Å². The molecular formula is C28H33FN4O4. The number of benzene rings is 2. The predicted octanol–water partition coefficient (Wildman–Crippen LogP) is 3.41. The summed E-state index contributed by atoms with van der Waals surface area (Å²) in [7, 11) is 1.65. The highest BCUT2D eigenvalue weighted by atomic mass is 19.1. The number of amides is 3. The van der Waals surface area contributed by atoms with Crippen molar-refractivity contribution < 1.29 is 23.5 Å². The maximum absolute atomic E-state index is 13.2. The van der Waals surface area contributed by atoms with E-state index >= 15 is 0 Å². The number of hydrogen-bond acceptors (Lipinski definition) is 5. The van der Waals surface area contributed by atoms with Gasteiger partial charge in [-0.25, -0.2) is 14.0 Å². The van der Waals surface area contributed by atoms with E-state index < -0.39 is 12.0 Å². The zero-order valence-electron chi connectivity index (χ0n) is 21.7. The maximum atomic E-state index is 13.2. The van der Waals surface area contributed by atoms with Gasteiger partial charge in [-0.2, -0.15) is 0 Å². The zero-order valence-corrected chi connectivity index (χ0v) is 21.7. The van der Waals surface area contributed by atoms with Crippen LogP contribution in [0.2, 0.25) is 0 Å². The molecule has 37 heavy (non-hydrogen) atoms. The summed E-state index contributed by atoms with van der Waals surface area (Å²) in [5.41, 5.74) is 4.31. The number of nitrogens with one attached hydrogen (secondary N) is 1. The molecule has 1 atom stereocenters. The minimum atomic E-state index is -0.626. The lowest BCUT2D eigenvalue weighted by molar-refractivity contribution is -0.139. The number of esters is 1. The monoisotopic (exact) mass is 508 g/mol. The predicted molar refractivity (Wildman–Crippen MR) is 137 cm³/mol. The average molecular weight is 509 g/mol. The van der Waals surface area contributed by atoms with E-state index in [-0.39, 0.29) is 24.4 Å². The molecule has 0 radical (unpaired) electrons. The Morgan fingerprint density at radius 1 is 1.05 bits per heavy atom. The number of rotatable bonds is 6. The van der Waals surface area contributed by atoms with Gasteiger partial charge >= 0.3 is 12.0 Å². The molecule has 4 rings (SSSR count). The summed E-state index contributed by atoms with van der Waals surface area (Å²) in [6.07, 6.45) is 0. The van der Waals surface area contributed by atoms with Crippen molar-refractivity contribution in [2.75, 3.05) is 46.4 Å². The van der Waals surface area contributed by atoms with Crippen molar-refractivity contribution in [2.45, 2.75) is 26.8 Å². The first-order chi connectivity index (χ1) is 17.7. The largest absolute Gasteiger partial charge is 0.463 e. The number of nitrogens with zero attached hydrogens (tertiary/aromatic N) is 3. The maximum Gasteiger partial charge on any atom is 0.338 e. The molecule has 196 valence electrons. The second-order valence-electron chi connectivity index (χ2n) is 9.46. The molecule has 0 aromatic heterocycles. The summed E-state index contributed by atoms with van der Waals surface area (Å²) >= 11 is 0. The molecule has 2 aliphatic rings. The summed E-state index contributed by atoms with van der Waals surface area (Å²) in [5.74, 6) is -0.984. The number of likely N-dealkylation sites (N-methyl/N-ethyl adjacent to an activating group) is 1. The van der Waals surface area contributed by atoms with E-state index in [1.165, 1.54) is 29.2 Å². The van der Waals surface area contributed by atoms with E-state index in [2.05, 4.69) is 10.2 Å². The van der Waals surface area contributed by atoms with E-state index in [1.807, 2.05) is 32.0 Å². The Bertz CT molecular complexity index is 1220. The molecule has 0 bridgehead atoms. The van der Waals surface area contributed by atoms with E-state index in [0.717, 1.165) is 16.7 Å². The number of urea groups is 1. The topological polar surface area (TPSA) is 82.2 Å². The highest BCUT2D eigenvalue weighted by Gasteiger charge is 2.38. The average Bonchev–Trinajstić information content (AvgIpc) is 2.88. The van der Waals surface area contributed by atoms with Crippen molar-refractivity contribution in [3.05, 3.63) is 81.8 Å². The molecule has 8 nitrogen and oxygen atoms in total. The number of aryl methyl sites for hydroxylation is 2. The van der Waals surface area contributed by atoms with Gasteiger partial charge in [-0.15, -0.1) is 0 Å². The minimum absolute atomic E-state index is 0.143. The Labute approximate surface area is 216 Å². The molecule has 0 spiro atoms. The molecule has 1 fully saturated rings. The fourth-order valence-electron chi connectivity index (χ4n) is 4.80. The number of carbonyl (C=O) groups excluding carboxylic acids is 3. The van der Waals surface area contributed by atoms with Crippen LogP contribution < -0.4 is 5.32 Å². The van der Waals surface area contributed by atoms with E-state index in [4.69, 9.17) is 4.74 Å². The van der Waals surface area contributed by atoms with E-state index in [9.17, 15) is 18.8 Å². The van der Waals surface area contributed by atoms with Crippen LogP contribution in [0.5, 0.6) is 0 Å². The molecule has 1 saturated heterocycles. The zero-order chi connectivity index (χ0) is 26.7. The summed E-state index contributed by atoms with van der Waals surface area (Å²) < 4.78 is 18.7. The lowest BCUT2D eigenvalue weighted by Gasteiger charge is -2.39. The quantitative estimate of drug-likeness (QED) is 0.605. The lowest BCUT2D eigenvalue weighted by atomic mass is 9.90. The second-order valence-corrected chi connectivity index (χ2v) is 9.46. The van der Waals surface area contributed by atoms with Crippen molar-refractivity contribution in [3.63, 3.8) is 0 Å². The summed E-state index contributed by atoms with van der Waals surface area (Å²) in [4.78, 5) is 44.4. The molecule has 9 heteroatoms. The third-order valence-corrected chi connectivity index (χ3v) is 6.94. The third-order valence-electron chi connectivity index (χ3n) is 6.94. The number of halogens is 1. The van der Waals surface area contributed by atoms with Gasteiger partial charge in [0.2, 0.25) is 0 Å². The fourth-order valence-corrected chi connectivity index (χ4v) is 4.80. The summed E-state index contributed by atoms with van der Waals surface area (Å²) in [5, 5.41) is 2.98. The van der Waals surface area contributed by atoms with Gasteiger partial charge in [0, 0.05) is 51.0 Å².